The standard InChI is InChI=1S/C28H25N5O9S2/c1-18(19-7-13-22(14-8-19)43(38,39)31-20-9-11-21(42-2)12-10-20)29-30-26-16-15-23(17-27(26)33(36)37)44(40,41)32-25-6-4-3-5-24(25)28(34)35/h3-17,30-32H,1-2H3,(H,34,35)/b29-18+. The first kappa shape index (κ1) is 31.5. The zero-order chi connectivity index (χ0) is 32.1. The molecular weight excluding hydrogens is 614 g/mol. The highest BCUT2D eigenvalue weighted by Gasteiger charge is 2.23. The van der Waals surface area contributed by atoms with E-state index in [4.69, 9.17) is 4.74 Å². The molecule has 0 amide bonds. The van der Waals surface area contributed by atoms with Crippen LogP contribution >= 0.6 is 0 Å². The number of aromatic carboxylic acids is 1. The Bertz CT molecular complexity index is 1960. The number of para-hydroxylation sites is 1. The van der Waals surface area contributed by atoms with E-state index in [0.717, 1.165) is 18.2 Å². The van der Waals surface area contributed by atoms with E-state index in [9.17, 15) is 36.9 Å². The smallest absolute Gasteiger partial charge is 0.337 e. The highest BCUT2D eigenvalue weighted by atomic mass is 32.2. The Kier molecular flexibility index (Phi) is 9.15. The second kappa shape index (κ2) is 12.8. The van der Waals surface area contributed by atoms with Crippen molar-refractivity contribution >= 4 is 54.5 Å². The van der Waals surface area contributed by atoms with E-state index in [1.165, 1.54) is 55.6 Å². The van der Waals surface area contributed by atoms with Crippen LogP contribution in [0, 0.1) is 10.1 Å². The summed E-state index contributed by atoms with van der Waals surface area (Å²) in [5.41, 5.74) is 2.50. The Morgan fingerprint density at radius 2 is 1.45 bits per heavy atom. The molecule has 4 aromatic carbocycles. The van der Waals surface area contributed by atoms with Gasteiger partial charge in [0.15, 0.2) is 0 Å². The molecule has 0 aromatic heterocycles. The third-order valence-electron chi connectivity index (χ3n) is 6.15. The molecule has 0 saturated carbocycles. The van der Waals surface area contributed by atoms with Gasteiger partial charge >= 0.3 is 5.97 Å². The lowest BCUT2D eigenvalue weighted by molar-refractivity contribution is -0.384. The zero-order valence-electron chi connectivity index (χ0n) is 23.1. The Morgan fingerprint density at radius 1 is 0.841 bits per heavy atom. The van der Waals surface area contributed by atoms with Crippen molar-refractivity contribution in [2.75, 3.05) is 22.0 Å². The zero-order valence-corrected chi connectivity index (χ0v) is 24.7. The number of nitro benzene ring substituents is 1. The Morgan fingerprint density at radius 3 is 2.07 bits per heavy atom. The van der Waals surface area contributed by atoms with E-state index >= 15 is 0 Å². The number of rotatable bonds is 12. The minimum atomic E-state index is -4.40. The molecule has 4 aromatic rings. The van der Waals surface area contributed by atoms with Gasteiger partial charge in [-0.05, 0) is 73.2 Å². The summed E-state index contributed by atoms with van der Waals surface area (Å²) in [7, 11) is -6.79. The molecule has 4 rings (SSSR count). The molecule has 0 radical (unpaired) electrons. The number of benzene rings is 4. The van der Waals surface area contributed by atoms with E-state index in [1.54, 1.807) is 31.2 Å². The molecule has 16 heteroatoms. The molecule has 4 N–H and O–H groups in total. The lowest BCUT2D eigenvalue weighted by atomic mass is 10.1. The summed E-state index contributed by atoms with van der Waals surface area (Å²) in [4.78, 5) is 21.9. The second-order valence-electron chi connectivity index (χ2n) is 9.06. The third kappa shape index (κ3) is 7.29. The SMILES string of the molecule is COc1ccc(NS(=O)(=O)c2ccc(/C(C)=N/Nc3ccc(S(=O)(=O)Nc4ccccc4C(=O)O)cc3[N+](=O)[O-])cc2)cc1. The number of carbonyl (C=O) groups is 1. The van der Waals surface area contributed by atoms with Crippen LogP contribution in [0.15, 0.2) is 106 Å². The summed E-state index contributed by atoms with van der Waals surface area (Å²) in [6, 6.07) is 20.5. The largest absolute Gasteiger partial charge is 0.497 e. The number of sulfonamides is 2. The fraction of sp³-hybridized carbons (Fsp3) is 0.0714. The highest BCUT2D eigenvalue weighted by molar-refractivity contribution is 7.93. The number of carboxylic acid groups (broad SMARTS) is 1. The quantitative estimate of drug-likeness (QED) is 0.0951. The van der Waals surface area contributed by atoms with Crippen molar-refractivity contribution in [2.45, 2.75) is 16.7 Å². The first-order valence-corrected chi connectivity index (χ1v) is 15.5. The van der Waals surface area contributed by atoms with Crippen molar-refractivity contribution in [3.63, 3.8) is 0 Å². The summed E-state index contributed by atoms with van der Waals surface area (Å²) in [5, 5.41) is 25.2. The van der Waals surface area contributed by atoms with Crippen molar-refractivity contribution < 1.29 is 36.4 Å². The number of hydrazone groups is 1. The van der Waals surface area contributed by atoms with E-state index in [1.807, 2.05) is 0 Å². The highest BCUT2D eigenvalue weighted by Crippen LogP contribution is 2.29. The molecule has 0 spiro atoms. The van der Waals surface area contributed by atoms with Gasteiger partial charge in [-0.2, -0.15) is 5.10 Å². The third-order valence-corrected chi connectivity index (χ3v) is 8.91. The van der Waals surface area contributed by atoms with Gasteiger partial charge in [-0.25, -0.2) is 21.6 Å². The fourth-order valence-electron chi connectivity index (χ4n) is 3.84. The van der Waals surface area contributed by atoms with Crippen LogP contribution in [0.4, 0.5) is 22.7 Å². The molecule has 0 bridgehead atoms. The number of ether oxygens (including phenoxy) is 1. The normalized spacial score (nSPS) is 11.8. The average molecular weight is 640 g/mol. The number of hydrogen-bond acceptors (Lipinski definition) is 10. The maximum absolute atomic E-state index is 12.9. The van der Waals surface area contributed by atoms with Crippen LogP contribution in [0.3, 0.4) is 0 Å². The molecule has 0 aliphatic carbocycles. The average Bonchev–Trinajstić information content (AvgIpc) is 3.00. The van der Waals surface area contributed by atoms with Gasteiger partial charge in [-0.3, -0.25) is 25.0 Å². The summed E-state index contributed by atoms with van der Waals surface area (Å²) in [6.45, 7) is 1.58. The van der Waals surface area contributed by atoms with Gasteiger partial charge in [0.25, 0.3) is 25.7 Å². The van der Waals surface area contributed by atoms with E-state index < -0.39 is 41.5 Å². The molecule has 0 heterocycles. The van der Waals surface area contributed by atoms with Crippen LogP contribution in [-0.2, 0) is 20.0 Å². The molecule has 0 saturated heterocycles. The number of nitrogens with zero attached hydrogens (tertiary/aromatic N) is 2. The van der Waals surface area contributed by atoms with Gasteiger partial charge in [0.05, 0.1) is 38.8 Å². The summed E-state index contributed by atoms with van der Waals surface area (Å²) in [6.07, 6.45) is 0. The topological polar surface area (TPSA) is 206 Å². The van der Waals surface area contributed by atoms with Gasteiger partial charge < -0.3 is 9.84 Å². The predicted molar refractivity (Wildman–Crippen MR) is 163 cm³/mol. The molecule has 0 atom stereocenters. The number of anilines is 3. The first-order valence-electron chi connectivity index (χ1n) is 12.5. The van der Waals surface area contributed by atoms with Crippen LogP contribution < -0.4 is 19.6 Å². The van der Waals surface area contributed by atoms with Crippen molar-refractivity contribution in [3.8, 4) is 5.75 Å². The minimum absolute atomic E-state index is 0.00940. The summed E-state index contributed by atoms with van der Waals surface area (Å²) in [5.74, 6) is -0.785. The lowest BCUT2D eigenvalue weighted by Crippen LogP contribution is -2.16. The molecule has 14 nitrogen and oxygen atoms in total. The van der Waals surface area contributed by atoms with Crippen LogP contribution in [-0.4, -0.2) is 45.7 Å². The van der Waals surface area contributed by atoms with Crippen LogP contribution in [0.5, 0.6) is 5.75 Å². The minimum Gasteiger partial charge on any atom is -0.497 e. The van der Waals surface area contributed by atoms with Crippen molar-refractivity contribution in [1.29, 1.82) is 0 Å². The van der Waals surface area contributed by atoms with Crippen molar-refractivity contribution in [1.82, 2.24) is 0 Å². The Hall–Kier alpha value is -5.48. The number of carboxylic acids is 1. The molecule has 0 unspecified atom stereocenters. The van der Waals surface area contributed by atoms with Gasteiger partial charge in [0.1, 0.15) is 11.4 Å². The van der Waals surface area contributed by atoms with Crippen LogP contribution in [0.2, 0.25) is 0 Å². The fourth-order valence-corrected chi connectivity index (χ4v) is 6.00. The van der Waals surface area contributed by atoms with E-state index in [-0.39, 0.29) is 21.8 Å². The second-order valence-corrected chi connectivity index (χ2v) is 12.4. The Labute approximate surface area is 252 Å². The molecular formula is C28H25N5O9S2. The van der Waals surface area contributed by atoms with Gasteiger partial charge in [0.2, 0.25) is 0 Å². The summed E-state index contributed by atoms with van der Waals surface area (Å²) >= 11 is 0. The van der Waals surface area contributed by atoms with Gasteiger partial charge in [-0.1, -0.05) is 24.3 Å². The molecule has 0 aliphatic heterocycles. The molecule has 228 valence electrons. The van der Waals surface area contributed by atoms with E-state index in [2.05, 4.69) is 20.0 Å². The number of nitro groups is 1. The van der Waals surface area contributed by atoms with Gasteiger partial charge in [0, 0.05) is 11.8 Å². The van der Waals surface area contributed by atoms with Crippen LogP contribution in [0.1, 0.15) is 22.8 Å². The predicted octanol–water partition coefficient (Wildman–Crippen LogP) is 4.74. The number of methoxy groups -OCH3 is 1. The van der Waals surface area contributed by atoms with Crippen molar-refractivity contribution in [3.05, 3.63) is 112 Å². The van der Waals surface area contributed by atoms with E-state index in [0.29, 0.717) is 22.7 Å². The first-order chi connectivity index (χ1) is 20.8. The number of hydrogen-bond donors (Lipinski definition) is 4. The molecule has 0 fully saturated rings. The van der Waals surface area contributed by atoms with Crippen LogP contribution in [0.25, 0.3) is 0 Å². The summed E-state index contributed by atoms with van der Waals surface area (Å²) < 4.78 is 61.1. The maximum atomic E-state index is 12.9. The van der Waals surface area contributed by atoms with Crippen molar-refractivity contribution in [2.24, 2.45) is 5.10 Å². The lowest BCUT2D eigenvalue weighted by Gasteiger charge is -2.11. The Balaban J connectivity index is 1.51. The molecule has 0 aliphatic rings. The maximum Gasteiger partial charge on any atom is 0.337 e. The van der Waals surface area contributed by atoms with Gasteiger partial charge in [-0.15, -0.1) is 0 Å². The number of nitrogens with one attached hydrogen (secondary N) is 3. The monoisotopic (exact) mass is 639 g/mol. The molecule has 44 heavy (non-hydrogen) atoms.